The van der Waals surface area contributed by atoms with Gasteiger partial charge in [0.15, 0.2) is 0 Å². The van der Waals surface area contributed by atoms with Crippen LogP contribution in [0.25, 0.3) is 5.69 Å². The van der Waals surface area contributed by atoms with Gasteiger partial charge in [0, 0.05) is 29.4 Å². The highest BCUT2D eigenvalue weighted by Crippen LogP contribution is 2.23. The van der Waals surface area contributed by atoms with E-state index in [0.717, 1.165) is 19.4 Å². The van der Waals surface area contributed by atoms with E-state index in [2.05, 4.69) is 10.2 Å². The normalized spacial score (nSPS) is 19.0. The number of ether oxygens (including phenoxy) is 1. The number of para-hydroxylation sites is 1. The molecule has 1 unspecified atom stereocenters. The predicted molar refractivity (Wildman–Crippen MR) is 77.1 cm³/mol. The molecule has 1 saturated heterocycles. The molecule has 6 nitrogen and oxygen atoms in total. The van der Waals surface area contributed by atoms with Crippen LogP contribution < -0.4 is 0 Å². The number of rotatable bonds is 4. The van der Waals surface area contributed by atoms with Crippen molar-refractivity contribution < 1.29 is 13.2 Å². The molecule has 1 aromatic carbocycles. The molecule has 0 amide bonds. The van der Waals surface area contributed by atoms with E-state index in [-0.39, 0.29) is 11.3 Å². The topological polar surface area (TPSA) is 74.1 Å². The summed E-state index contributed by atoms with van der Waals surface area (Å²) in [6.45, 7) is 0.727. The second kappa shape index (κ2) is 5.75. The number of aromatic nitrogens is 3. The Morgan fingerprint density at radius 3 is 2.67 bits per heavy atom. The minimum Gasteiger partial charge on any atom is -0.378 e. The Kier molecular flexibility index (Phi) is 3.97. The molecule has 1 aliphatic rings. The van der Waals surface area contributed by atoms with Crippen LogP contribution >= 0.6 is 10.7 Å². The number of nitrogens with zero attached hydrogens (tertiary/aromatic N) is 3. The lowest BCUT2D eigenvalue weighted by atomic mass is 10.2. The molecule has 1 fully saturated rings. The van der Waals surface area contributed by atoms with Crippen molar-refractivity contribution in [1.29, 1.82) is 0 Å². The van der Waals surface area contributed by atoms with Gasteiger partial charge in [-0.15, -0.1) is 10.2 Å². The maximum absolute atomic E-state index is 11.7. The molecule has 1 atom stereocenters. The molecule has 0 saturated carbocycles. The summed E-state index contributed by atoms with van der Waals surface area (Å²) in [7, 11) is 1.49. The van der Waals surface area contributed by atoms with E-state index in [9.17, 15) is 8.42 Å². The van der Waals surface area contributed by atoms with E-state index in [1.54, 1.807) is 12.1 Å². The van der Waals surface area contributed by atoms with Crippen LogP contribution in [0.1, 0.15) is 18.7 Å². The van der Waals surface area contributed by atoms with Gasteiger partial charge in [0.05, 0.1) is 6.10 Å². The highest BCUT2D eigenvalue weighted by Gasteiger charge is 2.26. The molecule has 8 heteroatoms. The second-order valence-corrected chi connectivity index (χ2v) is 7.31. The van der Waals surface area contributed by atoms with Crippen molar-refractivity contribution in [3.05, 3.63) is 36.2 Å². The van der Waals surface area contributed by atoms with Gasteiger partial charge in [0.25, 0.3) is 14.2 Å². The molecule has 0 spiro atoms. The first kappa shape index (κ1) is 14.5. The minimum absolute atomic E-state index is 0.0440. The van der Waals surface area contributed by atoms with E-state index in [1.807, 2.05) is 18.2 Å². The van der Waals surface area contributed by atoms with Gasteiger partial charge in [-0.2, -0.15) is 0 Å². The number of benzene rings is 1. The summed E-state index contributed by atoms with van der Waals surface area (Å²) in [5.41, 5.74) is 0.662. The van der Waals surface area contributed by atoms with Gasteiger partial charge < -0.3 is 4.74 Å². The van der Waals surface area contributed by atoms with E-state index < -0.39 is 9.05 Å². The van der Waals surface area contributed by atoms with Crippen LogP contribution in [0, 0.1) is 0 Å². The fourth-order valence-electron chi connectivity index (χ4n) is 2.44. The SMILES string of the molecule is O=S(=O)(Cl)c1nnc(CC2CCCO2)n1-c1ccccc1. The van der Waals surface area contributed by atoms with Crippen molar-refractivity contribution in [2.45, 2.75) is 30.5 Å². The van der Waals surface area contributed by atoms with E-state index >= 15 is 0 Å². The van der Waals surface area contributed by atoms with Crippen LogP contribution in [0.4, 0.5) is 0 Å². The number of hydrogen-bond donors (Lipinski definition) is 0. The van der Waals surface area contributed by atoms with Crippen molar-refractivity contribution in [3.8, 4) is 5.69 Å². The highest BCUT2D eigenvalue weighted by atomic mass is 35.7. The van der Waals surface area contributed by atoms with Crippen molar-refractivity contribution in [2.24, 2.45) is 0 Å². The van der Waals surface area contributed by atoms with E-state index in [1.165, 1.54) is 4.57 Å². The van der Waals surface area contributed by atoms with Crippen LogP contribution in [0.5, 0.6) is 0 Å². The highest BCUT2D eigenvalue weighted by molar-refractivity contribution is 8.13. The molecule has 0 radical (unpaired) electrons. The average molecular weight is 328 g/mol. The summed E-state index contributed by atoms with van der Waals surface area (Å²) < 4.78 is 30.4. The zero-order valence-corrected chi connectivity index (χ0v) is 12.7. The average Bonchev–Trinajstić information content (AvgIpc) is 3.09. The summed E-state index contributed by atoms with van der Waals surface area (Å²) in [6.07, 6.45) is 2.49. The summed E-state index contributed by atoms with van der Waals surface area (Å²) in [6, 6.07) is 9.05. The second-order valence-electron chi connectivity index (χ2n) is 4.85. The minimum atomic E-state index is -3.97. The predicted octanol–water partition coefficient (Wildman–Crippen LogP) is 1.92. The number of hydrogen-bond acceptors (Lipinski definition) is 5. The molecule has 21 heavy (non-hydrogen) atoms. The molecule has 0 bridgehead atoms. The molecule has 0 aliphatic carbocycles. The van der Waals surface area contributed by atoms with Crippen LogP contribution in [0.2, 0.25) is 0 Å². The summed E-state index contributed by atoms with van der Waals surface area (Å²) >= 11 is 0. The largest absolute Gasteiger partial charge is 0.378 e. The summed E-state index contributed by atoms with van der Waals surface area (Å²) in [5.74, 6) is 0.535. The zero-order valence-electron chi connectivity index (χ0n) is 11.1. The third-order valence-electron chi connectivity index (χ3n) is 3.37. The van der Waals surface area contributed by atoms with Gasteiger partial charge in [0.2, 0.25) is 0 Å². The van der Waals surface area contributed by atoms with E-state index in [4.69, 9.17) is 15.4 Å². The van der Waals surface area contributed by atoms with Crippen molar-refractivity contribution in [2.75, 3.05) is 6.61 Å². The lowest BCUT2D eigenvalue weighted by Gasteiger charge is -2.11. The fourth-order valence-corrected chi connectivity index (χ4v) is 3.30. The zero-order chi connectivity index (χ0) is 14.9. The van der Waals surface area contributed by atoms with Crippen LogP contribution in [0.15, 0.2) is 35.5 Å². The first-order chi connectivity index (χ1) is 10.1. The van der Waals surface area contributed by atoms with Gasteiger partial charge in [-0.3, -0.25) is 4.57 Å². The quantitative estimate of drug-likeness (QED) is 0.802. The molecule has 2 heterocycles. The van der Waals surface area contributed by atoms with E-state index in [0.29, 0.717) is 17.9 Å². The Bertz CT molecular complexity index is 724. The maximum atomic E-state index is 11.7. The third-order valence-corrected chi connectivity index (χ3v) is 4.48. The molecule has 112 valence electrons. The lowest BCUT2D eigenvalue weighted by molar-refractivity contribution is 0.109. The molecule has 1 aromatic heterocycles. The van der Waals surface area contributed by atoms with Gasteiger partial charge >= 0.3 is 0 Å². The molecule has 0 N–H and O–H groups in total. The Hall–Kier alpha value is -1.44. The molecule has 3 rings (SSSR count). The molecule has 2 aromatic rings. The van der Waals surface area contributed by atoms with Crippen molar-refractivity contribution in [3.63, 3.8) is 0 Å². The first-order valence-electron chi connectivity index (χ1n) is 6.61. The van der Waals surface area contributed by atoms with Crippen LogP contribution in [-0.4, -0.2) is 35.9 Å². The standard InChI is InChI=1S/C13H14ClN3O3S/c14-21(18,19)13-16-15-12(9-11-7-4-8-20-11)17(13)10-5-2-1-3-6-10/h1-3,5-6,11H,4,7-9H2. The van der Waals surface area contributed by atoms with Gasteiger partial charge in [-0.25, -0.2) is 8.42 Å². The fraction of sp³-hybridized carbons (Fsp3) is 0.385. The Morgan fingerprint density at radius 1 is 1.29 bits per heavy atom. The summed E-state index contributed by atoms with van der Waals surface area (Å²) in [5, 5.41) is 7.47. The van der Waals surface area contributed by atoms with Gasteiger partial charge in [-0.1, -0.05) is 18.2 Å². The van der Waals surface area contributed by atoms with Crippen LogP contribution in [0.3, 0.4) is 0 Å². The monoisotopic (exact) mass is 327 g/mol. The molecule has 1 aliphatic heterocycles. The molecular formula is C13H14ClN3O3S. The smallest absolute Gasteiger partial charge is 0.297 e. The van der Waals surface area contributed by atoms with Crippen LogP contribution in [-0.2, 0) is 20.2 Å². The first-order valence-corrected chi connectivity index (χ1v) is 8.92. The Morgan fingerprint density at radius 2 is 2.05 bits per heavy atom. The van der Waals surface area contributed by atoms with Crippen molar-refractivity contribution in [1.82, 2.24) is 14.8 Å². The maximum Gasteiger partial charge on any atom is 0.297 e. The van der Waals surface area contributed by atoms with Crippen molar-refractivity contribution >= 4 is 19.7 Å². The Labute approximate surface area is 127 Å². The van der Waals surface area contributed by atoms with Gasteiger partial charge in [0.1, 0.15) is 5.82 Å². The molecular weight excluding hydrogens is 314 g/mol. The number of halogens is 1. The lowest BCUT2D eigenvalue weighted by Crippen LogP contribution is -2.14. The van der Waals surface area contributed by atoms with Gasteiger partial charge in [-0.05, 0) is 25.0 Å². The Balaban J connectivity index is 2.06. The third kappa shape index (κ3) is 3.09. The summed E-state index contributed by atoms with van der Waals surface area (Å²) in [4.78, 5) is 0.